The van der Waals surface area contributed by atoms with E-state index in [1.54, 1.807) is 6.08 Å². The monoisotopic (exact) mass is 803 g/mol. The maximum atomic E-state index is 12.8. The van der Waals surface area contributed by atoms with E-state index in [-0.39, 0.29) is 12.5 Å². The Hall–Kier alpha value is -2.32. The molecule has 0 spiro atoms. The van der Waals surface area contributed by atoms with Crippen molar-refractivity contribution < 1.29 is 32.9 Å². The summed E-state index contributed by atoms with van der Waals surface area (Å²) in [6, 6.07) is -0.912. The lowest BCUT2D eigenvalue weighted by Gasteiger charge is -2.29. The first kappa shape index (κ1) is 53.7. The van der Waals surface area contributed by atoms with Crippen LogP contribution >= 0.6 is 7.82 Å². The average Bonchev–Trinajstić information content (AvgIpc) is 3.15. The molecule has 0 aromatic heterocycles. The van der Waals surface area contributed by atoms with Crippen LogP contribution in [0.3, 0.4) is 0 Å². The Morgan fingerprint density at radius 3 is 1.66 bits per heavy atom. The zero-order valence-electron chi connectivity index (χ0n) is 36.3. The number of phosphoric ester groups is 1. The summed E-state index contributed by atoms with van der Waals surface area (Å²) in [5.41, 5.74) is 0. The van der Waals surface area contributed by atoms with Crippen LogP contribution in [-0.2, 0) is 18.4 Å². The third kappa shape index (κ3) is 39.9. The van der Waals surface area contributed by atoms with Crippen LogP contribution in [0.5, 0.6) is 0 Å². The molecule has 8 nitrogen and oxygen atoms in total. The van der Waals surface area contributed by atoms with Crippen molar-refractivity contribution >= 4 is 13.7 Å². The molecular formula is C47H83N2O6P. The van der Waals surface area contributed by atoms with Gasteiger partial charge in [-0.1, -0.05) is 157 Å². The van der Waals surface area contributed by atoms with Crippen LogP contribution in [0.25, 0.3) is 0 Å². The molecule has 0 aromatic rings. The number of carbonyl (C=O) groups excluding carboxylic acids is 1. The maximum absolute atomic E-state index is 12.8. The SMILES string of the molecule is CC/C=C\C/C=C\C/C=C\C/C=C\C/C=C\CCCCCCCCCC(=O)NC(COP(=O)([O-])OCC[N+](C)(C)C)C(O)/C=C/CC/C=C/CCCCCCC. The van der Waals surface area contributed by atoms with Gasteiger partial charge in [-0.25, -0.2) is 0 Å². The van der Waals surface area contributed by atoms with Crippen LogP contribution in [0.2, 0.25) is 0 Å². The van der Waals surface area contributed by atoms with Gasteiger partial charge in [0.05, 0.1) is 39.9 Å². The van der Waals surface area contributed by atoms with Crippen molar-refractivity contribution in [1.29, 1.82) is 0 Å². The highest BCUT2D eigenvalue weighted by Crippen LogP contribution is 2.38. The van der Waals surface area contributed by atoms with Gasteiger partial charge in [0.15, 0.2) is 0 Å². The van der Waals surface area contributed by atoms with Gasteiger partial charge in [-0.3, -0.25) is 9.36 Å². The maximum Gasteiger partial charge on any atom is 0.268 e. The second-order valence-electron chi connectivity index (χ2n) is 15.7. The highest BCUT2D eigenvalue weighted by Gasteiger charge is 2.23. The van der Waals surface area contributed by atoms with Gasteiger partial charge in [-0.2, -0.15) is 0 Å². The molecule has 0 aliphatic heterocycles. The number of aliphatic hydroxyl groups is 1. The summed E-state index contributed by atoms with van der Waals surface area (Å²) in [5.74, 6) is -0.225. The van der Waals surface area contributed by atoms with Gasteiger partial charge in [0.1, 0.15) is 13.2 Å². The lowest BCUT2D eigenvalue weighted by Crippen LogP contribution is -2.45. The van der Waals surface area contributed by atoms with Crippen molar-refractivity contribution in [3.8, 4) is 0 Å². The number of quaternary nitrogens is 1. The summed E-state index contributed by atoms with van der Waals surface area (Å²) in [5, 5.41) is 13.7. The third-order valence-electron chi connectivity index (χ3n) is 9.09. The average molecular weight is 803 g/mol. The topological polar surface area (TPSA) is 108 Å². The van der Waals surface area contributed by atoms with Gasteiger partial charge in [-0.15, -0.1) is 0 Å². The quantitative estimate of drug-likeness (QED) is 0.0279. The van der Waals surface area contributed by atoms with Gasteiger partial charge < -0.3 is 28.8 Å². The number of phosphoric acid groups is 1. The second kappa shape index (κ2) is 38.2. The summed E-state index contributed by atoms with van der Waals surface area (Å²) in [7, 11) is 1.22. The number of hydrogen-bond donors (Lipinski definition) is 2. The van der Waals surface area contributed by atoms with Crippen molar-refractivity contribution in [3.05, 3.63) is 85.1 Å². The van der Waals surface area contributed by atoms with E-state index < -0.39 is 26.6 Å². The molecule has 2 N–H and O–H groups in total. The number of aliphatic hydroxyl groups excluding tert-OH is 1. The van der Waals surface area contributed by atoms with Gasteiger partial charge in [0.2, 0.25) is 5.91 Å². The van der Waals surface area contributed by atoms with Crippen molar-refractivity contribution in [2.75, 3.05) is 40.9 Å². The molecule has 0 fully saturated rings. The molecule has 0 aromatic carbocycles. The number of likely N-dealkylation sites (N-methyl/N-ethyl adjacent to an activating group) is 1. The Bertz CT molecular complexity index is 1180. The minimum Gasteiger partial charge on any atom is -0.756 e. The first-order valence-electron chi connectivity index (χ1n) is 21.9. The Labute approximate surface area is 344 Å². The number of hydrogen-bond acceptors (Lipinski definition) is 6. The van der Waals surface area contributed by atoms with Crippen LogP contribution < -0.4 is 10.2 Å². The lowest BCUT2D eigenvalue weighted by atomic mass is 10.1. The Morgan fingerprint density at radius 1 is 0.643 bits per heavy atom. The largest absolute Gasteiger partial charge is 0.756 e. The number of rotatable bonds is 38. The van der Waals surface area contributed by atoms with E-state index in [2.05, 4.69) is 92.1 Å². The fourth-order valence-electron chi connectivity index (χ4n) is 5.60. The van der Waals surface area contributed by atoms with Crippen molar-refractivity contribution in [2.24, 2.45) is 0 Å². The molecule has 0 saturated carbocycles. The van der Waals surface area contributed by atoms with E-state index in [4.69, 9.17) is 9.05 Å². The van der Waals surface area contributed by atoms with E-state index in [1.807, 2.05) is 27.2 Å². The molecule has 3 atom stereocenters. The molecule has 0 aliphatic carbocycles. The van der Waals surface area contributed by atoms with Gasteiger partial charge in [-0.05, 0) is 77.0 Å². The molecule has 0 saturated heterocycles. The molecular weight excluding hydrogens is 719 g/mol. The smallest absolute Gasteiger partial charge is 0.268 e. The predicted molar refractivity (Wildman–Crippen MR) is 237 cm³/mol. The molecule has 0 bridgehead atoms. The van der Waals surface area contributed by atoms with E-state index in [1.165, 1.54) is 51.4 Å². The number of carbonyl (C=O) groups is 1. The van der Waals surface area contributed by atoms with Gasteiger partial charge in [0.25, 0.3) is 7.82 Å². The van der Waals surface area contributed by atoms with E-state index in [0.29, 0.717) is 17.4 Å². The number of unbranched alkanes of at least 4 members (excludes halogenated alkanes) is 13. The fourth-order valence-corrected chi connectivity index (χ4v) is 6.33. The van der Waals surface area contributed by atoms with Gasteiger partial charge >= 0.3 is 0 Å². The van der Waals surface area contributed by atoms with Crippen LogP contribution in [-0.4, -0.2) is 68.5 Å². The Kier molecular flexibility index (Phi) is 36.6. The van der Waals surface area contributed by atoms with Crippen LogP contribution in [0, 0.1) is 0 Å². The first-order valence-corrected chi connectivity index (χ1v) is 23.4. The number of allylic oxidation sites excluding steroid dienone is 13. The van der Waals surface area contributed by atoms with E-state index in [9.17, 15) is 19.4 Å². The first-order chi connectivity index (χ1) is 27.0. The number of nitrogens with one attached hydrogen (secondary N) is 1. The molecule has 0 heterocycles. The molecule has 0 aliphatic rings. The molecule has 0 radical (unpaired) electrons. The summed E-state index contributed by atoms with van der Waals surface area (Å²) in [6.45, 7) is 4.44. The molecule has 0 rings (SSSR count). The van der Waals surface area contributed by atoms with E-state index in [0.717, 1.165) is 83.5 Å². The third-order valence-corrected chi connectivity index (χ3v) is 10.1. The summed E-state index contributed by atoms with van der Waals surface area (Å²) >= 11 is 0. The number of amides is 1. The standard InChI is InChI=1S/C47H83N2O6P/c1-6-8-10-12-14-16-18-19-20-21-22-23-24-25-26-27-28-29-31-33-35-37-39-41-47(51)48-45(44-55-56(52,53)54-43-42-49(3,4)5)46(50)40-38-36-34-32-30-17-15-13-11-9-7-2/h8,10,14,16,19-20,22-23,25-26,30,32,38,40,45-46,50H,6-7,9,11-13,15,17-18,21,24,27-29,31,33-37,39,41-44H2,1-5H3,(H-,48,51,52,53)/b10-8-,16-14-,20-19-,23-22-,26-25-,32-30+,40-38+. The molecule has 9 heteroatoms. The lowest BCUT2D eigenvalue weighted by molar-refractivity contribution is -0.870. The van der Waals surface area contributed by atoms with Crippen molar-refractivity contribution in [1.82, 2.24) is 5.32 Å². The number of nitrogens with zero attached hydrogens (tertiary/aromatic N) is 1. The van der Waals surface area contributed by atoms with Crippen LogP contribution in [0.4, 0.5) is 0 Å². The summed E-state index contributed by atoms with van der Waals surface area (Å²) < 4.78 is 23.1. The second-order valence-corrected chi connectivity index (χ2v) is 17.1. The summed E-state index contributed by atoms with van der Waals surface area (Å²) in [4.78, 5) is 25.3. The molecule has 1 amide bonds. The summed E-state index contributed by atoms with van der Waals surface area (Å²) in [6.07, 6.45) is 52.0. The Balaban J connectivity index is 4.40. The predicted octanol–water partition coefficient (Wildman–Crippen LogP) is 11.6. The van der Waals surface area contributed by atoms with Gasteiger partial charge in [0, 0.05) is 6.42 Å². The molecule has 3 unspecified atom stereocenters. The normalized spacial score (nSPS) is 15.2. The fraction of sp³-hybridized carbons (Fsp3) is 0.681. The van der Waals surface area contributed by atoms with Crippen LogP contribution in [0.15, 0.2) is 85.1 Å². The zero-order chi connectivity index (χ0) is 41.4. The van der Waals surface area contributed by atoms with Crippen molar-refractivity contribution in [3.63, 3.8) is 0 Å². The van der Waals surface area contributed by atoms with Crippen molar-refractivity contribution in [2.45, 2.75) is 167 Å². The molecule has 322 valence electrons. The van der Waals surface area contributed by atoms with Crippen LogP contribution in [0.1, 0.15) is 155 Å². The minimum absolute atomic E-state index is 0.0136. The minimum atomic E-state index is -4.60. The molecule has 56 heavy (non-hydrogen) atoms. The zero-order valence-corrected chi connectivity index (χ0v) is 37.2. The highest BCUT2D eigenvalue weighted by atomic mass is 31.2. The highest BCUT2D eigenvalue weighted by molar-refractivity contribution is 7.45. The Morgan fingerprint density at radius 2 is 1.11 bits per heavy atom. The van der Waals surface area contributed by atoms with E-state index >= 15 is 0 Å².